The number of nitrogens with one attached hydrogen (secondary N) is 3. The lowest BCUT2D eigenvalue weighted by atomic mass is 9.96. The fourth-order valence-electron chi connectivity index (χ4n) is 3.16. The van der Waals surface area contributed by atoms with Gasteiger partial charge in [-0.2, -0.15) is 39.5 Å². The van der Waals surface area contributed by atoms with Crippen LogP contribution in [0, 0.1) is 0 Å². The van der Waals surface area contributed by atoms with E-state index in [0.29, 0.717) is 12.1 Å². The molecule has 0 fully saturated rings. The van der Waals surface area contributed by atoms with Gasteiger partial charge in [-0.1, -0.05) is 53.0 Å². The third kappa shape index (κ3) is 9.97. The van der Waals surface area contributed by atoms with E-state index in [1.165, 1.54) is 5.32 Å². The molecule has 0 aliphatic heterocycles. The first-order chi connectivity index (χ1) is 18.3. The topological polar surface area (TPSA) is 70.2 Å². The number of carbonyl (C=O) groups is 2. The number of halogens is 12. The molecular formula is C23H17Cl3F9N3O2. The van der Waals surface area contributed by atoms with Gasteiger partial charge in [0.15, 0.2) is 0 Å². The van der Waals surface area contributed by atoms with E-state index in [0.717, 1.165) is 30.3 Å². The van der Waals surface area contributed by atoms with Crippen LogP contribution in [0.1, 0.15) is 33.0 Å². The number of allylic oxidation sites excluding steroid dienone is 1. The Labute approximate surface area is 235 Å². The Bertz CT molecular complexity index is 1240. The summed E-state index contributed by atoms with van der Waals surface area (Å²) in [6.45, 7) is -2.49. The van der Waals surface area contributed by atoms with Crippen molar-refractivity contribution in [3.8, 4) is 0 Å². The number of alkyl halides is 9. The highest BCUT2D eigenvalue weighted by Crippen LogP contribution is 2.41. The van der Waals surface area contributed by atoms with Gasteiger partial charge in [-0.3, -0.25) is 4.79 Å². The molecule has 1 atom stereocenters. The molecule has 40 heavy (non-hydrogen) atoms. The molecule has 17 heteroatoms. The van der Waals surface area contributed by atoms with Gasteiger partial charge >= 0.3 is 24.6 Å². The molecule has 3 amide bonds. The maximum atomic E-state index is 13.7. The van der Waals surface area contributed by atoms with Crippen molar-refractivity contribution >= 4 is 52.8 Å². The zero-order valence-corrected chi connectivity index (χ0v) is 21.9. The first-order valence-corrected chi connectivity index (χ1v) is 11.9. The van der Waals surface area contributed by atoms with Gasteiger partial charge in [-0.05, 0) is 35.4 Å². The highest BCUT2D eigenvalue weighted by molar-refractivity contribution is 6.48. The highest BCUT2D eigenvalue weighted by atomic mass is 35.5. The zero-order chi connectivity index (χ0) is 30.5. The molecule has 0 bridgehead atoms. The van der Waals surface area contributed by atoms with E-state index in [9.17, 15) is 49.1 Å². The summed E-state index contributed by atoms with van der Waals surface area (Å²) in [6, 6.07) is 2.78. The maximum absolute atomic E-state index is 13.7. The minimum atomic E-state index is -5.09. The third-order valence-electron chi connectivity index (χ3n) is 4.94. The molecule has 0 aliphatic carbocycles. The van der Waals surface area contributed by atoms with E-state index < -0.39 is 72.7 Å². The quantitative estimate of drug-likeness (QED) is 0.157. The van der Waals surface area contributed by atoms with Crippen molar-refractivity contribution in [1.82, 2.24) is 16.0 Å². The summed E-state index contributed by atoms with van der Waals surface area (Å²) in [6.07, 6.45) is -13.3. The molecule has 2 aromatic carbocycles. The second kappa shape index (κ2) is 13.2. The van der Waals surface area contributed by atoms with Gasteiger partial charge in [0.05, 0.1) is 32.1 Å². The van der Waals surface area contributed by atoms with Crippen molar-refractivity contribution in [1.29, 1.82) is 0 Å². The molecule has 0 radical (unpaired) electrons. The van der Waals surface area contributed by atoms with Crippen molar-refractivity contribution < 1.29 is 49.1 Å². The Balaban J connectivity index is 2.21. The maximum Gasteiger partial charge on any atom is 0.417 e. The predicted molar refractivity (Wildman–Crippen MR) is 131 cm³/mol. The lowest BCUT2D eigenvalue weighted by Crippen LogP contribution is -2.43. The van der Waals surface area contributed by atoms with E-state index in [4.69, 9.17) is 34.8 Å². The second-order valence-corrected chi connectivity index (χ2v) is 9.15. The van der Waals surface area contributed by atoms with Gasteiger partial charge in [0, 0.05) is 13.1 Å². The molecule has 2 aromatic rings. The van der Waals surface area contributed by atoms with Crippen molar-refractivity contribution in [2.75, 3.05) is 19.6 Å². The number of urea groups is 1. The highest BCUT2D eigenvalue weighted by Gasteiger charge is 2.40. The van der Waals surface area contributed by atoms with Crippen LogP contribution in [0.5, 0.6) is 0 Å². The van der Waals surface area contributed by atoms with Crippen LogP contribution in [0.3, 0.4) is 0 Å². The van der Waals surface area contributed by atoms with Crippen LogP contribution in [0.4, 0.5) is 44.3 Å². The summed E-state index contributed by atoms with van der Waals surface area (Å²) in [5.41, 5.74) is -3.10. The number of hydrogen-bond donors (Lipinski definition) is 3. The number of hydrogen-bond acceptors (Lipinski definition) is 2. The number of amides is 3. The summed E-state index contributed by atoms with van der Waals surface area (Å²) in [4.78, 5) is 23.6. The first kappa shape index (κ1) is 33.4. The Morgan fingerprint density at radius 3 is 1.93 bits per heavy atom. The summed E-state index contributed by atoms with van der Waals surface area (Å²) < 4.78 is 118. The second-order valence-electron chi connectivity index (χ2n) is 7.96. The molecular weight excluding hydrogens is 628 g/mol. The summed E-state index contributed by atoms with van der Waals surface area (Å²) >= 11 is 17.4. The largest absolute Gasteiger partial charge is 0.417 e. The molecule has 0 spiro atoms. The summed E-state index contributed by atoms with van der Waals surface area (Å²) in [5, 5.41) is 4.81. The fourth-order valence-corrected chi connectivity index (χ4v) is 3.77. The van der Waals surface area contributed by atoms with Crippen LogP contribution in [0.2, 0.25) is 15.1 Å². The number of carbonyl (C=O) groups excluding carboxylic acids is 2. The van der Waals surface area contributed by atoms with Crippen molar-refractivity contribution in [3.63, 3.8) is 0 Å². The van der Waals surface area contributed by atoms with Gasteiger partial charge in [-0.15, -0.1) is 0 Å². The van der Waals surface area contributed by atoms with E-state index in [1.54, 1.807) is 0 Å². The molecule has 0 saturated carbocycles. The first-order valence-electron chi connectivity index (χ1n) is 10.8. The van der Waals surface area contributed by atoms with Crippen LogP contribution < -0.4 is 16.0 Å². The molecule has 0 heterocycles. The van der Waals surface area contributed by atoms with E-state index >= 15 is 0 Å². The van der Waals surface area contributed by atoms with Gasteiger partial charge in [0.2, 0.25) is 0 Å². The molecule has 1 unspecified atom stereocenters. The molecule has 2 rings (SSSR count). The van der Waals surface area contributed by atoms with Crippen molar-refractivity contribution in [2.24, 2.45) is 0 Å². The summed E-state index contributed by atoms with van der Waals surface area (Å²) in [7, 11) is 0. The monoisotopic (exact) mass is 643 g/mol. The molecule has 5 nitrogen and oxygen atoms in total. The lowest BCUT2D eigenvalue weighted by molar-refractivity contribution is -0.139. The molecule has 0 aliphatic rings. The van der Waals surface area contributed by atoms with Crippen LogP contribution in [0.25, 0.3) is 6.08 Å². The number of rotatable bonds is 8. The van der Waals surface area contributed by atoms with Crippen LogP contribution >= 0.6 is 34.8 Å². The average Bonchev–Trinajstić information content (AvgIpc) is 2.82. The Hall–Kier alpha value is -2.84. The van der Waals surface area contributed by atoms with Crippen LogP contribution in [-0.2, 0) is 6.18 Å². The zero-order valence-electron chi connectivity index (χ0n) is 19.6. The average molecular weight is 645 g/mol. The van der Waals surface area contributed by atoms with Crippen LogP contribution in [-0.4, -0.2) is 43.9 Å². The van der Waals surface area contributed by atoms with Gasteiger partial charge in [0.1, 0.15) is 6.54 Å². The minimum Gasteiger partial charge on any atom is -0.350 e. The normalized spacial score (nSPS) is 13.3. The molecule has 0 saturated heterocycles. The fraction of sp³-hybridized carbons (Fsp3) is 0.304. The number of benzene rings is 2. The van der Waals surface area contributed by atoms with Crippen molar-refractivity contribution in [3.05, 3.63) is 73.7 Å². The van der Waals surface area contributed by atoms with E-state index in [-0.39, 0.29) is 20.6 Å². The SMILES string of the molecule is O=C(NCCNC(=O)c1ccc(/C=C/C(c2cc(Cl)c(Cl)c(Cl)c2)C(F)(F)F)cc1C(F)(F)F)NCC(F)(F)F. The lowest BCUT2D eigenvalue weighted by Gasteiger charge is -2.19. The summed E-state index contributed by atoms with van der Waals surface area (Å²) in [5.74, 6) is -3.57. The van der Waals surface area contributed by atoms with Gasteiger partial charge in [0.25, 0.3) is 5.91 Å². The Morgan fingerprint density at radius 2 is 1.40 bits per heavy atom. The van der Waals surface area contributed by atoms with Gasteiger partial charge in [-0.25, -0.2) is 4.79 Å². The Kier molecular flexibility index (Phi) is 11.0. The molecule has 220 valence electrons. The smallest absolute Gasteiger partial charge is 0.350 e. The van der Waals surface area contributed by atoms with E-state index in [1.807, 2.05) is 5.32 Å². The van der Waals surface area contributed by atoms with E-state index in [2.05, 4.69) is 5.32 Å². The predicted octanol–water partition coefficient (Wildman–Crippen LogP) is 7.62. The van der Waals surface area contributed by atoms with Gasteiger partial charge < -0.3 is 16.0 Å². The molecule has 3 N–H and O–H groups in total. The Morgan fingerprint density at radius 1 is 0.825 bits per heavy atom. The standard InChI is InChI=1S/C23H17Cl3F9N3O2/c24-16-8-12(9-17(25)18(16)26)14(22(30,31)32)4-2-11-1-3-13(15(7-11)23(33,34)35)19(39)36-5-6-37-20(40)38-10-21(27,28)29/h1-4,7-9,14H,5-6,10H2,(H,36,39)(H2,37,38,40)/b4-2+. The van der Waals surface area contributed by atoms with Crippen LogP contribution in [0.15, 0.2) is 36.4 Å². The van der Waals surface area contributed by atoms with Crippen molar-refractivity contribution in [2.45, 2.75) is 24.4 Å². The third-order valence-corrected chi connectivity index (χ3v) is 6.14. The minimum absolute atomic E-state index is 0.179. The molecule has 0 aromatic heterocycles.